The molecule has 0 heterocycles. The highest BCUT2D eigenvalue weighted by atomic mass is 32.2. The van der Waals surface area contributed by atoms with Crippen molar-refractivity contribution in [2.24, 2.45) is 0 Å². The summed E-state index contributed by atoms with van der Waals surface area (Å²) in [7, 11) is -1.36. The molecule has 1 atom stereocenters. The first-order valence-electron chi connectivity index (χ1n) is 12.1. The molecule has 2 aromatic carbocycles. The van der Waals surface area contributed by atoms with Crippen LogP contribution in [-0.4, -0.2) is 62.2 Å². The van der Waals surface area contributed by atoms with E-state index in [9.17, 15) is 22.4 Å². The Morgan fingerprint density at radius 2 is 1.72 bits per heavy atom. The van der Waals surface area contributed by atoms with Crippen molar-refractivity contribution in [1.82, 2.24) is 14.5 Å². The normalized spacial score (nSPS) is 15.1. The van der Waals surface area contributed by atoms with Crippen LogP contribution in [0, 0.1) is 12.7 Å². The predicted octanol–water partition coefficient (Wildman–Crippen LogP) is 3.22. The molecular weight excluding hydrogens is 483 g/mol. The second-order valence-corrected chi connectivity index (χ2v) is 11.5. The number of carbonyl (C=O) groups excluding carboxylic acids is 2. The molecule has 1 saturated carbocycles. The summed E-state index contributed by atoms with van der Waals surface area (Å²) in [5.74, 6) is -1.34. The lowest BCUT2D eigenvalue weighted by molar-refractivity contribution is -0.139. The van der Waals surface area contributed by atoms with E-state index in [2.05, 4.69) is 5.32 Å². The highest BCUT2D eigenvalue weighted by Gasteiger charge is 2.33. The number of carbonyl (C=O) groups is 2. The van der Waals surface area contributed by atoms with Gasteiger partial charge >= 0.3 is 10.2 Å². The molecule has 8 nitrogen and oxygen atoms in total. The van der Waals surface area contributed by atoms with Crippen LogP contribution >= 0.6 is 0 Å². The third kappa shape index (κ3) is 6.82. The van der Waals surface area contributed by atoms with Crippen LogP contribution in [0.15, 0.2) is 48.5 Å². The lowest BCUT2D eigenvalue weighted by Gasteiger charge is -2.33. The smallest absolute Gasteiger partial charge is 0.304 e. The quantitative estimate of drug-likeness (QED) is 0.523. The molecule has 1 N–H and O–H groups in total. The number of rotatable bonds is 10. The van der Waals surface area contributed by atoms with Crippen LogP contribution in [0.1, 0.15) is 43.7 Å². The Labute approximate surface area is 213 Å². The van der Waals surface area contributed by atoms with Crippen LogP contribution in [0.2, 0.25) is 0 Å². The van der Waals surface area contributed by atoms with Gasteiger partial charge in [0, 0.05) is 26.7 Å². The van der Waals surface area contributed by atoms with Crippen LogP contribution in [0.5, 0.6) is 0 Å². The second-order valence-electron chi connectivity index (χ2n) is 9.45. The Kier molecular flexibility index (Phi) is 9.08. The van der Waals surface area contributed by atoms with E-state index in [0.717, 1.165) is 57.6 Å². The van der Waals surface area contributed by atoms with E-state index >= 15 is 0 Å². The first-order chi connectivity index (χ1) is 17.0. The topological polar surface area (TPSA) is 90.0 Å². The van der Waals surface area contributed by atoms with Crippen LogP contribution < -0.4 is 9.62 Å². The van der Waals surface area contributed by atoms with E-state index in [-0.39, 0.29) is 24.2 Å². The molecule has 36 heavy (non-hydrogen) atoms. The number of amides is 2. The molecule has 0 saturated heterocycles. The summed E-state index contributed by atoms with van der Waals surface area (Å²) in [4.78, 5) is 28.2. The molecule has 0 radical (unpaired) electrons. The molecule has 0 spiro atoms. The summed E-state index contributed by atoms with van der Waals surface area (Å²) in [6.45, 7) is 3.19. The van der Waals surface area contributed by atoms with Gasteiger partial charge in [-0.05, 0) is 56.5 Å². The fourth-order valence-corrected chi connectivity index (χ4v) is 5.36. The van der Waals surface area contributed by atoms with Crippen molar-refractivity contribution < 1.29 is 22.4 Å². The van der Waals surface area contributed by atoms with Crippen molar-refractivity contribution in [2.45, 2.75) is 58.2 Å². The number of aryl methyl sites for hydroxylation is 1. The van der Waals surface area contributed by atoms with Gasteiger partial charge in [0.2, 0.25) is 11.8 Å². The fraction of sp³-hybridized carbons (Fsp3) is 0.462. The Balaban J connectivity index is 1.92. The van der Waals surface area contributed by atoms with Gasteiger partial charge in [-0.25, -0.2) is 8.70 Å². The molecule has 0 bridgehead atoms. The van der Waals surface area contributed by atoms with Gasteiger partial charge in [-0.1, -0.05) is 42.7 Å². The fourth-order valence-electron chi connectivity index (χ4n) is 4.31. The van der Waals surface area contributed by atoms with Crippen LogP contribution in [0.4, 0.5) is 10.1 Å². The standard InChI is InChI=1S/C26H35FN4O4S/c1-19-8-7-9-21(16-19)17-30(20(2)26(33)28-23-10-5-6-11-23)25(32)18-31(36(34,35)29(3)4)24-14-12-22(27)13-15-24/h7-9,12-16,20,23H,5-6,10-11,17-18H2,1-4H3,(H,28,33)/t20-/m1/s1. The van der Waals surface area contributed by atoms with Gasteiger partial charge in [0.15, 0.2) is 0 Å². The maximum atomic E-state index is 13.7. The number of nitrogens with one attached hydrogen (secondary N) is 1. The lowest BCUT2D eigenvalue weighted by atomic mass is 10.1. The number of benzene rings is 2. The molecule has 0 unspecified atom stereocenters. The Hall–Kier alpha value is -2.98. The van der Waals surface area contributed by atoms with E-state index in [1.165, 1.54) is 31.1 Å². The number of hydrogen-bond acceptors (Lipinski definition) is 4. The van der Waals surface area contributed by atoms with Gasteiger partial charge < -0.3 is 10.2 Å². The predicted molar refractivity (Wildman–Crippen MR) is 138 cm³/mol. The lowest BCUT2D eigenvalue weighted by Crippen LogP contribution is -2.53. The van der Waals surface area contributed by atoms with Crippen LogP contribution in [-0.2, 0) is 26.3 Å². The van der Waals surface area contributed by atoms with Gasteiger partial charge in [-0.3, -0.25) is 9.59 Å². The van der Waals surface area contributed by atoms with Gasteiger partial charge in [0.05, 0.1) is 5.69 Å². The van der Waals surface area contributed by atoms with Crippen molar-refractivity contribution in [3.63, 3.8) is 0 Å². The van der Waals surface area contributed by atoms with Gasteiger partial charge in [0.1, 0.15) is 18.4 Å². The first kappa shape index (κ1) is 27.6. The SMILES string of the molecule is Cc1cccc(CN(C(=O)CN(c2ccc(F)cc2)S(=O)(=O)N(C)C)[C@H](C)C(=O)NC2CCCC2)c1. The third-order valence-electron chi connectivity index (χ3n) is 6.44. The van der Waals surface area contributed by atoms with Crippen molar-refractivity contribution in [1.29, 1.82) is 0 Å². The van der Waals surface area contributed by atoms with Gasteiger partial charge in [-0.15, -0.1) is 0 Å². The number of nitrogens with zero attached hydrogens (tertiary/aromatic N) is 3. The minimum atomic E-state index is -4.08. The molecule has 2 aromatic rings. The Morgan fingerprint density at radius 1 is 1.08 bits per heavy atom. The summed E-state index contributed by atoms with van der Waals surface area (Å²) in [6.07, 6.45) is 3.92. The summed E-state index contributed by atoms with van der Waals surface area (Å²) in [6, 6.07) is 11.8. The largest absolute Gasteiger partial charge is 0.352 e. The van der Waals surface area contributed by atoms with E-state index in [0.29, 0.717) is 0 Å². The van der Waals surface area contributed by atoms with Crippen molar-refractivity contribution >= 4 is 27.7 Å². The van der Waals surface area contributed by atoms with Crippen LogP contribution in [0.3, 0.4) is 0 Å². The monoisotopic (exact) mass is 518 g/mol. The zero-order chi connectivity index (χ0) is 26.5. The zero-order valence-corrected chi connectivity index (χ0v) is 22.1. The van der Waals surface area contributed by atoms with E-state index in [1.807, 2.05) is 31.2 Å². The third-order valence-corrected chi connectivity index (χ3v) is 8.26. The molecule has 3 rings (SSSR count). The molecule has 10 heteroatoms. The summed E-state index contributed by atoms with van der Waals surface area (Å²) in [5.41, 5.74) is 1.98. The van der Waals surface area contributed by atoms with E-state index in [1.54, 1.807) is 6.92 Å². The maximum absolute atomic E-state index is 13.7. The van der Waals surface area contributed by atoms with Crippen molar-refractivity contribution in [3.8, 4) is 0 Å². The average molecular weight is 519 g/mol. The number of halogens is 1. The Bertz CT molecular complexity index is 1160. The number of hydrogen-bond donors (Lipinski definition) is 1. The molecule has 1 fully saturated rings. The molecular formula is C26H35FN4O4S. The van der Waals surface area contributed by atoms with Gasteiger partial charge in [0.25, 0.3) is 0 Å². The summed E-state index contributed by atoms with van der Waals surface area (Å²) < 4.78 is 41.7. The molecule has 1 aliphatic carbocycles. The summed E-state index contributed by atoms with van der Waals surface area (Å²) >= 11 is 0. The summed E-state index contributed by atoms with van der Waals surface area (Å²) in [5, 5.41) is 3.04. The molecule has 0 aromatic heterocycles. The van der Waals surface area contributed by atoms with Crippen molar-refractivity contribution in [2.75, 3.05) is 24.9 Å². The Morgan fingerprint density at radius 3 is 2.31 bits per heavy atom. The molecule has 2 amide bonds. The average Bonchev–Trinajstić information content (AvgIpc) is 3.34. The van der Waals surface area contributed by atoms with E-state index < -0.39 is 34.5 Å². The zero-order valence-electron chi connectivity index (χ0n) is 21.3. The highest BCUT2D eigenvalue weighted by Crippen LogP contribution is 2.22. The van der Waals surface area contributed by atoms with E-state index in [4.69, 9.17) is 0 Å². The first-order valence-corrected chi connectivity index (χ1v) is 13.5. The van der Waals surface area contributed by atoms with Crippen LogP contribution in [0.25, 0.3) is 0 Å². The van der Waals surface area contributed by atoms with Crippen molar-refractivity contribution in [3.05, 3.63) is 65.5 Å². The maximum Gasteiger partial charge on any atom is 0.304 e. The second kappa shape index (κ2) is 11.8. The molecule has 196 valence electrons. The minimum absolute atomic E-state index is 0.0840. The highest BCUT2D eigenvalue weighted by molar-refractivity contribution is 7.90. The minimum Gasteiger partial charge on any atom is -0.352 e. The van der Waals surface area contributed by atoms with Gasteiger partial charge in [-0.2, -0.15) is 12.7 Å². The molecule has 1 aliphatic rings. The number of anilines is 1. The molecule has 0 aliphatic heterocycles.